The minimum absolute atomic E-state index is 0.0448. The van der Waals surface area contributed by atoms with Gasteiger partial charge in [0.1, 0.15) is 0 Å². The third-order valence-electron chi connectivity index (χ3n) is 3.90. The number of carbonyl (C=O) groups excluding carboxylic acids is 1. The predicted octanol–water partition coefficient (Wildman–Crippen LogP) is 2.11. The number of benzene rings is 1. The lowest BCUT2D eigenvalue weighted by molar-refractivity contribution is -0.387. The van der Waals surface area contributed by atoms with Crippen molar-refractivity contribution < 1.29 is 19.2 Å². The number of carbonyl (C=O) groups is 1. The van der Waals surface area contributed by atoms with Crippen molar-refractivity contribution in [3.8, 4) is 0 Å². The first-order valence-electron chi connectivity index (χ1n) is 6.81. The fourth-order valence-corrected chi connectivity index (χ4v) is 2.68. The first-order valence-corrected chi connectivity index (χ1v) is 6.81. The topological polar surface area (TPSA) is 83.7 Å². The van der Waals surface area contributed by atoms with Gasteiger partial charge in [-0.05, 0) is 25.0 Å². The van der Waals surface area contributed by atoms with Gasteiger partial charge in [0.15, 0.2) is 0 Å². The molecule has 1 fully saturated rings. The van der Waals surface area contributed by atoms with Gasteiger partial charge in [0.25, 0.3) is 5.91 Å². The van der Waals surface area contributed by atoms with Crippen LogP contribution in [0.5, 0.6) is 0 Å². The average molecular weight is 296 g/mol. The van der Waals surface area contributed by atoms with E-state index in [0.717, 1.165) is 25.0 Å². The van der Waals surface area contributed by atoms with E-state index in [4.69, 9.17) is 0 Å². The summed E-state index contributed by atoms with van der Waals surface area (Å²) in [6.45, 7) is 0. The fraction of sp³-hybridized carbons (Fsp3) is 0.500. The van der Waals surface area contributed by atoms with E-state index in [1.807, 2.05) is 0 Å². The molecule has 1 N–H and O–H groups in total. The van der Waals surface area contributed by atoms with Gasteiger partial charge >= 0.3 is 5.69 Å². The van der Waals surface area contributed by atoms with Crippen LogP contribution in [0.4, 0.5) is 10.1 Å². The summed E-state index contributed by atoms with van der Waals surface area (Å²) < 4.78 is 13.3. The quantitative estimate of drug-likeness (QED) is 0.684. The van der Waals surface area contributed by atoms with Gasteiger partial charge in [-0.2, -0.15) is 4.39 Å². The Bertz CT molecular complexity index is 564. The van der Waals surface area contributed by atoms with E-state index in [2.05, 4.69) is 0 Å². The normalized spacial score (nSPS) is 21.9. The fourth-order valence-electron chi connectivity index (χ4n) is 2.68. The highest BCUT2D eigenvalue weighted by molar-refractivity contribution is 5.95. The van der Waals surface area contributed by atoms with Gasteiger partial charge < -0.3 is 10.0 Å². The summed E-state index contributed by atoms with van der Waals surface area (Å²) in [5, 5.41) is 20.7. The number of aliphatic hydroxyl groups is 1. The van der Waals surface area contributed by atoms with Crippen LogP contribution in [0.2, 0.25) is 0 Å². The van der Waals surface area contributed by atoms with Gasteiger partial charge in [-0.25, -0.2) is 0 Å². The summed E-state index contributed by atoms with van der Waals surface area (Å²) >= 11 is 0. The van der Waals surface area contributed by atoms with E-state index in [0.29, 0.717) is 12.8 Å². The third kappa shape index (κ3) is 3.18. The molecule has 0 aliphatic heterocycles. The Morgan fingerprint density at radius 1 is 1.43 bits per heavy atom. The zero-order valence-electron chi connectivity index (χ0n) is 11.7. The Morgan fingerprint density at radius 3 is 2.71 bits per heavy atom. The Morgan fingerprint density at radius 2 is 2.10 bits per heavy atom. The number of hydrogen-bond donors (Lipinski definition) is 1. The lowest BCUT2D eigenvalue weighted by atomic mass is 9.91. The summed E-state index contributed by atoms with van der Waals surface area (Å²) in [5.41, 5.74) is -0.679. The number of nitro groups is 1. The van der Waals surface area contributed by atoms with E-state index in [1.165, 1.54) is 11.0 Å². The smallest absolute Gasteiger partial charge is 0.305 e. The molecule has 1 aliphatic carbocycles. The SMILES string of the molecule is CN(C(=O)c1ccc(F)c([N+](=O)[O-])c1)C1CCCCC1O. The van der Waals surface area contributed by atoms with Crippen LogP contribution in [0.3, 0.4) is 0 Å². The van der Waals surface area contributed by atoms with Gasteiger partial charge in [-0.15, -0.1) is 0 Å². The standard InChI is InChI=1S/C14H17FN2O4/c1-16(11-4-2-3-5-13(11)18)14(19)9-6-7-10(15)12(8-9)17(20)21/h6-8,11,13,18H,2-5H2,1H3. The van der Waals surface area contributed by atoms with Crippen LogP contribution in [0.25, 0.3) is 0 Å². The van der Waals surface area contributed by atoms with Gasteiger partial charge in [-0.3, -0.25) is 14.9 Å². The molecule has 7 heteroatoms. The highest BCUT2D eigenvalue weighted by Crippen LogP contribution is 2.25. The molecule has 1 aromatic carbocycles. The number of nitro benzene ring substituents is 1. The second kappa shape index (κ2) is 6.17. The molecule has 1 aliphatic rings. The summed E-state index contributed by atoms with van der Waals surface area (Å²) in [7, 11) is 1.55. The molecule has 0 radical (unpaired) electrons. The Balaban J connectivity index is 2.23. The zero-order chi connectivity index (χ0) is 15.6. The molecule has 21 heavy (non-hydrogen) atoms. The van der Waals surface area contributed by atoms with E-state index >= 15 is 0 Å². The largest absolute Gasteiger partial charge is 0.391 e. The van der Waals surface area contributed by atoms with Crippen LogP contribution in [0.15, 0.2) is 18.2 Å². The lowest BCUT2D eigenvalue weighted by Crippen LogP contribution is -2.46. The molecule has 0 aromatic heterocycles. The third-order valence-corrected chi connectivity index (χ3v) is 3.90. The van der Waals surface area contributed by atoms with Crippen LogP contribution in [-0.2, 0) is 0 Å². The molecule has 2 atom stereocenters. The molecule has 114 valence electrons. The van der Waals surface area contributed by atoms with Crippen molar-refractivity contribution in [3.05, 3.63) is 39.7 Å². The zero-order valence-corrected chi connectivity index (χ0v) is 11.7. The summed E-state index contributed by atoms with van der Waals surface area (Å²) in [6.07, 6.45) is 2.56. The van der Waals surface area contributed by atoms with E-state index < -0.39 is 28.4 Å². The lowest BCUT2D eigenvalue weighted by Gasteiger charge is -2.35. The molecule has 1 amide bonds. The molecule has 0 heterocycles. The maximum Gasteiger partial charge on any atom is 0.305 e. The number of likely N-dealkylation sites (N-methyl/N-ethyl adjacent to an activating group) is 1. The number of halogens is 1. The number of rotatable bonds is 3. The second-order valence-corrected chi connectivity index (χ2v) is 5.26. The minimum atomic E-state index is -0.975. The number of hydrogen-bond acceptors (Lipinski definition) is 4. The predicted molar refractivity (Wildman–Crippen MR) is 73.4 cm³/mol. The van der Waals surface area contributed by atoms with Gasteiger partial charge in [-0.1, -0.05) is 12.8 Å². The first kappa shape index (κ1) is 15.4. The average Bonchev–Trinajstić information content (AvgIpc) is 2.46. The van der Waals surface area contributed by atoms with Crippen molar-refractivity contribution in [1.82, 2.24) is 4.90 Å². The molecule has 2 unspecified atom stereocenters. The van der Waals surface area contributed by atoms with E-state index in [-0.39, 0.29) is 11.6 Å². The molecule has 6 nitrogen and oxygen atoms in total. The first-order chi connectivity index (χ1) is 9.91. The highest BCUT2D eigenvalue weighted by Gasteiger charge is 2.30. The highest BCUT2D eigenvalue weighted by atomic mass is 19.1. The molecular formula is C14H17FN2O4. The van der Waals surface area contributed by atoms with Crippen molar-refractivity contribution in [3.63, 3.8) is 0 Å². The van der Waals surface area contributed by atoms with Crippen LogP contribution in [0.1, 0.15) is 36.0 Å². The molecule has 2 rings (SSSR count). The Hall–Kier alpha value is -2.02. The van der Waals surface area contributed by atoms with Gasteiger partial charge in [0.05, 0.1) is 17.1 Å². The van der Waals surface area contributed by atoms with Crippen LogP contribution < -0.4 is 0 Å². The van der Waals surface area contributed by atoms with E-state index in [9.17, 15) is 24.4 Å². The van der Waals surface area contributed by atoms with Crippen molar-refractivity contribution in [2.24, 2.45) is 0 Å². The Kier molecular flexibility index (Phi) is 4.52. The van der Waals surface area contributed by atoms with Crippen LogP contribution in [-0.4, -0.2) is 40.0 Å². The Labute approximate surface area is 121 Å². The van der Waals surface area contributed by atoms with Crippen LogP contribution >= 0.6 is 0 Å². The van der Waals surface area contributed by atoms with Crippen molar-refractivity contribution in [2.45, 2.75) is 37.8 Å². The number of amides is 1. The van der Waals surface area contributed by atoms with Crippen molar-refractivity contribution in [1.29, 1.82) is 0 Å². The van der Waals surface area contributed by atoms with Crippen LogP contribution in [0, 0.1) is 15.9 Å². The summed E-state index contributed by atoms with van der Waals surface area (Å²) in [4.78, 5) is 23.6. The molecule has 0 bridgehead atoms. The summed E-state index contributed by atoms with van der Waals surface area (Å²) in [5.74, 6) is -1.43. The number of aliphatic hydroxyl groups excluding tert-OH is 1. The van der Waals surface area contributed by atoms with Gasteiger partial charge in [0, 0.05) is 18.7 Å². The molecule has 1 saturated carbocycles. The molecule has 0 spiro atoms. The monoisotopic (exact) mass is 296 g/mol. The molecule has 1 aromatic rings. The van der Waals surface area contributed by atoms with E-state index in [1.54, 1.807) is 7.05 Å². The second-order valence-electron chi connectivity index (χ2n) is 5.26. The maximum atomic E-state index is 13.3. The number of nitrogens with zero attached hydrogens (tertiary/aromatic N) is 2. The molecular weight excluding hydrogens is 279 g/mol. The molecule has 0 saturated heterocycles. The van der Waals surface area contributed by atoms with Gasteiger partial charge in [0.2, 0.25) is 5.82 Å². The minimum Gasteiger partial charge on any atom is -0.391 e. The maximum absolute atomic E-state index is 13.3. The van der Waals surface area contributed by atoms with Crippen molar-refractivity contribution in [2.75, 3.05) is 7.05 Å². The van der Waals surface area contributed by atoms with Crippen molar-refractivity contribution >= 4 is 11.6 Å². The summed E-state index contributed by atoms with van der Waals surface area (Å²) in [6, 6.07) is 2.76.